The van der Waals surface area contributed by atoms with Crippen molar-refractivity contribution in [2.45, 2.75) is 104 Å². The average Bonchev–Trinajstić information content (AvgIpc) is 3.60. The fourth-order valence-electron chi connectivity index (χ4n) is 4.87. The predicted octanol–water partition coefficient (Wildman–Crippen LogP) is 7.80. The number of carbonyl (C=O) groups is 2. The molecular formula is C33H45N5O6. The summed E-state index contributed by atoms with van der Waals surface area (Å²) >= 11 is 0. The molecule has 44 heavy (non-hydrogen) atoms. The molecule has 0 radical (unpaired) electrons. The number of nitrogens with zero attached hydrogens (tertiary/aromatic N) is 4. The largest absolute Gasteiger partial charge is 0.494 e. The van der Waals surface area contributed by atoms with Gasteiger partial charge >= 0.3 is 12.2 Å². The molecule has 2 heterocycles. The number of benzene rings is 2. The number of guanidine groups is 1. The molecule has 11 nitrogen and oxygen atoms in total. The molecule has 0 aliphatic carbocycles. The molecule has 2 amide bonds. The van der Waals surface area contributed by atoms with E-state index in [1.165, 1.54) is 19.3 Å². The van der Waals surface area contributed by atoms with E-state index >= 15 is 0 Å². The Morgan fingerprint density at radius 2 is 1.73 bits per heavy atom. The predicted molar refractivity (Wildman–Crippen MR) is 169 cm³/mol. The van der Waals surface area contributed by atoms with Crippen LogP contribution in [0.1, 0.15) is 98.9 Å². The number of ether oxygens (including phenoxy) is 3. The summed E-state index contributed by atoms with van der Waals surface area (Å²) < 4.78 is 22.5. The zero-order chi connectivity index (χ0) is 31.9. The van der Waals surface area contributed by atoms with Crippen molar-refractivity contribution in [3.8, 4) is 17.1 Å². The van der Waals surface area contributed by atoms with Crippen LogP contribution >= 0.6 is 0 Å². The Bertz CT molecular complexity index is 1470. The van der Waals surface area contributed by atoms with Gasteiger partial charge in [0.15, 0.2) is 0 Å². The molecule has 0 spiro atoms. The number of hydrogen-bond acceptors (Lipinski definition) is 8. The van der Waals surface area contributed by atoms with Gasteiger partial charge in [0.25, 0.3) is 0 Å². The number of likely N-dealkylation sites (tertiary alicyclic amines) is 1. The van der Waals surface area contributed by atoms with Crippen LogP contribution in [-0.4, -0.2) is 57.5 Å². The molecule has 3 aromatic rings. The maximum atomic E-state index is 12.7. The maximum Gasteiger partial charge on any atom is 0.437 e. The number of aliphatic imine (C=N–C) groups is 1. The molecule has 11 heteroatoms. The summed E-state index contributed by atoms with van der Waals surface area (Å²) in [5, 5.41) is 8.97. The Kier molecular flexibility index (Phi) is 10.5. The number of rotatable bonds is 8. The van der Waals surface area contributed by atoms with Gasteiger partial charge in [-0.25, -0.2) is 9.59 Å². The van der Waals surface area contributed by atoms with Crippen LogP contribution in [0.15, 0.2) is 45.9 Å². The fraction of sp³-hybridized carbons (Fsp3) is 0.545. The Morgan fingerprint density at radius 3 is 2.45 bits per heavy atom. The lowest BCUT2D eigenvalue weighted by Gasteiger charge is -2.27. The Hall–Kier alpha value is -4.15. The Labute approximate surface area is 259 Å². The summed E-state index contributed by atoms with van der Waals surface area (Å²) in [5.74, 6) is 1.65. The van der Waals surface area contributed by atoms with Gasteiger partial charge < -0.3 is 23.6 Å². The number of fused-ring (bicyclic) bond motifs is 1. The summed E-state index contributed by atoms with van der Waals surface area (Å²) in [6.45, 7) is 13.9. The highest BCUT2D eigenvalue weighted by Gasteiger charge is 2.35. The van der Waals surface area contributed by atoms with Crippen LogP contribution in [0.2, 0.25) is 0 Å². The molecule has 1 unspecified atom stereocenters. The van der Waals surface area contributed by atoms with E-state index in [0.717, 1.165) is 34.9 Å². The monoisotopic (exact) mass is 607 g/mol. The first-order valence-corrected chi connectivity index (χ1v) is 15.4. The second-order valence-electron chi connectivity index (χ2n) is 13.0. The lowest BCUT2D eigenvalue weighted by Crippen LogP contribution is -2.46. The summed E-state index contributed by atoms with van der Waals surface area (Å²) in [6.07, 6.45) is 4.50. The standard InChI is InChI=1S/C33H45N5O6/c1-8-9-10-11-19-41-25-17-16-22-20-24(15-14-23(22)21-25)27-34-28(44-37-27)26-13-12-18-38(26)29(35-30(39)42-32(2,3)4)36-31(40)43-33(5,6)7/h14-17,20-21,26H,8-13,18-19H2,1-7H3,(H,35,36,39,40). The van der Waals surface area contributed by atoms with Gasteiger partial charge in [-0.2, -0.15) is 4.98 Å². The topological polar surface area (TPSA) is 128 Å². The van der Waals surface area contributed by atoms with E-state index in [2.05, 4.69) is 22.4 Å². The fourth-order valence-corrected chi connectivity index (χ4v) is 4.87. The van der Waals surface area contributed by atoms with Crippen molar-refractivity contribution in [1.29, 1.82) is 0 Å². The van der Waals surface area contributed by atoms with Gasteiger partial charge in [0, 0.05) is 12.1 Å². The van der Waals surface area contributed by atoms with E-state index in [1.807, 2.05) is 36.4 Å². The number of unbranched alkanes of at least 4 members (excludes halogenated alkanes) is 3. The summed E-state index contributed by atoms with van der Waals surface area (Å²) in [4.78, 5) is 35.9. The minimum absolute atomic E-state index is 0.00448. The van der Waals surface area contributed by atoms with Gasteiger partial charge in [0.2, 0.25) is 17.7 Å². The zero-order valence-electron chi connectivity index (χ0n) is 26.9. The highest BCUT2D eigenvalue weighted by atomic mass is 16.6. The van der Waals surface area contributed by atoms with Crippen LogP contribution in [0.3, 0.4) is 0 Å². The van der Waals surface area contributed by atoms with Gasteiger partial charge in [-0.1, -0.05) is 49.5 Å². The van der Waals surface area contributed by atoms with Crippen LogP contribution in [-0.2, 0) is 9.47 Å². The molecule has 1 N–H and O–H groups in total. The summed E-state index contributed by atoms with van der Waals surface area (Å²) in [5.41, 5.74) is -0.693. The van der Waals surface area contributed by atoms with Gasteiger partial charge in [0.1, 0.15) is 23.0 Å². The third kappa shape index (κ3) is 9.42. The van der Waals surface area contributed by atoms with Crippen LogP contribution in [0.4, 0.5) is 9.59 Å². The lowest BCUT2D eigenvalue weighted by atomic mass is 10.1. The molecule has 1 atom stereocenters. The van der Waals surface area contributed by atoms with Crippen molar-refractivity contribution in [1.82, 2.24) is 20.4 Å². The normalized spacial score (nSPS) is 15.8. The van der Waals surface area contributed by atoms with Gasteiger partial charge in [0.05, 0.1) is 6.61 Å². The molecule has 1 saturated heterocycles. The third-order valence-electron chi connectivity index (χ3n) is 6.79. The molecule has 4 rings (SSSR count). The first-order valence-electron chi connectivity index (χ1n) is 15.4. The van der Waals surface area contributed by atoms with E-state index in [1.54, 1.807) is 46.4 Å². The number of hydrogen-bond donors (Lipinski definition) is 1. The third-order valence-corrected chi connectivity index (χ3v) is 6.79. The van der Waals surface area contributed by atoms with Crippen LogP contribution in [0, 0.1) is 0 Å². The zero-order valence-corrected chi connectivity index (χ0v) is 26.9. The van der Waals surface area contributed by atoms with Crippen molar-refractivity contribution in [2.24, 2.45) is 4.99 Å². The van der Waals surface area contributed by atoms with E-state index in [9.17, 15) is 9.59 Å². The van der Waals surface area contributed by atoms with E-state index < -0.39 is 29.4 Å². The maximum absolute atomic E-state index is 12.7. The SMILES string of the molecule is CCCCCCOc1ccc2cc(-c3noc(C4CCCN4C(=NC(=O)OC(C)(C)C)NC(=O)OC(C)(C)C)n3)ccc2c1. The smallest absolute Gasteiger partial charge is 0.437 e. The van der Waals surface area contributed by atoms with E-state index in [0.29, 0.717) is 31.3 Å². The molecule has 1 aliphatic heterocycles. The summed E-state index contributed by atoms with van der Waals surface area (Å²) in [6, 6.07) is 11.6. The number of amides is 2. The number of carbonyl (C=O) groups excluding carboxylic acids is 2. The molecule has 2 aromatic carbocycles. The second-order valence-corrected chi connectivity index (χ2v) is 13.0. The number of nitrogens with one attached hydrogen (secondary N) is 1. The Balaban J connectivity index is 1.52. The lowest BCUT2D eigenvalue weighted by molar-refractivity contribution is 0.0553. The van der Waals surface area contributed by atoms with Crippen molar-refractivity contribution < 1.29 is 28.3 Å². The first kappa shape index (κ1) is 32.8. The summed E-state index contributed by atoms with van der Waals surface area (Å²) in [7, 11) is 0. The Morgan fingerprint density at radius 1 is 1.00 bits per heavy atom. The highest BCUT2D eigenvalue weighted by molar-refractivity contribution is 5.99. The van der Waals surface area contributed by atoms with Crippen LogP contribution in [0.5, 0.6) is 5.75 Å². The number of aromatic nitrogens is 2. The van der Waals surface area contributed by atoms with Gasteiger partial charge in [-0.05, 0) is 89.8 Å². The van der Waals surface area contributed by atoms with E-state index in [-0.39, 0.29) is 5.96 Å². The molecule has 1 aliphatic rings. The quantitative estimate of drug-likeness (QED) is 0.155. The minimum Gasteiger partial charge on any atom is -0.494 e. The molecular weight excluding hydrogens is 562 g/mol. The van der Waals surface area contributed by atoms with Crippen LogP contribution in [0.25, 0.3) is 22.2 Å². The second kappa shape index (κ2) is 14.1. The molecule has 1 aromatic heterocycles. The van der Waals surface area contributed by atoms with Crippen molar-refractivity contribution in [2.75, 3.05) is 13.2 Å². The van der Waals surface area contributed by atoms with Crippen molar-refractivity contribution in [3.05, 3.63) is 42.3 Å². The molecule has 1 fully saturated rings. The van der Waals surface area contributed by atoms with Crippen molar-refractivity contribution in [3.63, 3.8) is 0 Å². The highest BCUT2D eigenvalue weighted by Crippen LogP contribution is 2.33. The molecule has 238 valence electrons. The van der Waals surface area contributed by atoms with Gasteiger partial charge in [-0.3, -0.25) is 5.32 Å². The molecule has 0 saturated carbocycles. The van der Waals surface area contributed by atoms with E-state index in [4.69, 9.17) is 23.7 Å². The first-order chi connectivity index (χ1) is 20.8. The average molecular weight is 608 g/mol. The number of alkyl carbamates (subject to hydrolysis) is 1. The van der Waals surface area contributed by atoms with Crippen LogP contribution < -0.4 is 10.1 Å². The van der Waals surface area contributed by atoms with Gasteiger partial charge in [-0.15, -0.1) is 4.99 Å². The molecule has 0 bridgehead atoms. The van der Waals surface area contributed by atoms with Crippen molar-refractivity contribution >= 4 is 28.9 Å². The minimum atomic E-state index is -0.832.